The van der Waals surface area contributed by atoms with Crippen molar-refractivity contribution in [3.63, 3.8) is 0 Å². The molecule has 0 aromatic carbocycles. The predicted octanol–water partition coefficient (Wildman–Crippen LogP) is 22.0. The van der Waals surface area contributed by atoms with Crippen molar-refractivity contribution in [2.45, 2.75) is 341 Å². The van der Waals surface area contributed by atoms with E-state index >= 15 is 0 Å². The normalized spacial score (nSPS) is 14.5. The van der Waals surface area contributed by atoms with E-state index in [9.17, 15) is 43.2 Å². The third-order valence-electron chi connectivity index (χ3n) is 16.0. The molecule has 0 aromatic heterocycles. The first kappa shape index (κ1) is 94.0. The van der Waals surface area contributed by atoms with E-state index in [1.165, 1.54) is 57.8 Å². The Labute approximate surface area is 595 Å². The van der Waals surface area contributed by atoms with Gasteiger partial charge in [-0.3, -0.25) is 37.3 Å². The molecule has 0 aromatic rings. The Morgan fingerprint density at radius 2 is 0.541 bits per heavy atom. The molecule has 0 amide bonds. The van der Waals surface area contributed by atoms with Crippen LogP contribution in [0.5, 0.6) is 0 Å². The Balaban J connectivity index is 5.34. The lowest BCUT2D eigenvalue weighted by atomic mass is 10.1. The van der Waals surface area contributed by atoms with Gasteiger partial charge in [-0.1, -0.05) is 253 Å². The van der Waals surface area contributed by atoms with E-state index < -0.39 is 97.5 Å². The summed E-state index contributed by atoms with van der Waals surface area (Å²) in [6.07, 6.45) is 74.0. The fraction of sp³-hybridized carbons (Fsp3) is 0.747. The van der Waals surface area contributed by atoms with Gasteiger partial charge in [-0.05, 0) is 141 Å². The molecule has 0 aliphatic rings. The fourth-order valence-corrected chi connectivity index (χ4v) is 11.7. The summed E-state index contributed by atoms with van der Waals surface area (Å²) in [5, 5.41) is 10.6. The van der Waals surface area contributed by atoms with Crippen LogP contribution in [0.15, 0.2) is 97.2 Å². The SMILES string of the molecule is CC/C=C\C/C=C\C/C=C\C/C=C\CCCCCCCCC(=O)OCC(COP(=O)(O)OCC(O)COP(=O)(O)OCC(COC(=O)CCCCCCC/C=C\CCCCCC)OC(=O)CCCCCCC/C=C\CCCC)OC(=O)CCCCCCC/C=C\C/C=C\CCCCC. The number of hydrogen-bond acceptors (Lipinski definition) is 15. The van der Waals surface area contributed by atoms with E-state index in [4.69, 9.17) is 37.0 Å². The second kappa shape index (κ2) is 71.4. The molecule has 0 rings (SSSR count). The van der Waals surface area contributed by atoms with Gasteiger partial charge in [0.2, 0.25) is 0 Å². The van der Waals surface area contributed by atoms with Gasteiger partial charge in [0.15, 0.2) is 12.2 Å². The molecular formula is C79H138O17P2. The third-order valence-corrected chi connectivity index (χ3v) is 17.9. The van der Waals surface area contributed by atoms with Gasteiger partial charge in [0, 0.05) is 25.7 Å². The summed E-state index contributed by atoms with van der Waals surface area (Å²) in [4.78, 5) is 72.8. The summed E-state index contributed by atoms with van der Waals surface area (Å²) in [6, 6.07) is 0. The van der Waals surface area contributed by atoms with Crippen LogP contribution in [0.25, 0.3) is 0 Å². The molecule has 0 saturated heterocycles. The van der Waals surface area contributed by atoms with E-state index in [-0.39, 0.29) is 25.7 Å². The first-order valence-electron chi connectivity index (χ1n) is 38.5. The summed E-state index contributed by atoms with van der Waals surface area (Å²) in [5.41, 5.74) is 0. The molecule has 19 heteroatoms. The molecule has 98 heavy (non-hydrogen) atoms. The minimum Gasteiger partial charge on any atom is -0.462 e. The Morgan fingerprint density at radius 3 is 0.878 bits per heavy atom. The van der Waals surface area contributed by atoms with E-state index in [2.05, 4.69) is 125 Å². The number of esters is 4. The minimum absolute atomic E-state index is 0.0752. The number of carbonyl (C=O) groups is 4. The molecule has 0 aliphatic heterocycles. The molecule has 17 nitrogen and oxygen atoms in total. The monoisotopic (exact) mass is 1420 g/mol. The van der Waals surface area contributed by atoms with Crippen molar-refractivity contribution < 1.29 is 80.2 Å². The van der Waals surface area contributed by atoms with E-state index in [0.717, 1.165) is 186 Å². The topological polar surface area (TPSA) is 237 Å². The molecule has 0 radical (unpaired) electrons. The quantitative estimate of drug-likeness (QED) is 0.0169. The minimum atomic E-state index is -4.98. The van der Waals surface area contributed by atoms with Gasteiger partial charge in [0.1, 0.15) is 19.3 Å². The van der Waals surface area contributed by atoms with Gasteiger partial charge < -0.3 is 33.8 Å². The molecule has 0 spiro atoms. The lowest BCUT2D eigenvalue weighted by Crippen LogP contribution is -2.30. The number of rotatable bonds is 72. The van der Waals surface area contributed by atoms with Crippen molar-refractivity contribution in [1.29, 1.82) is 0 Å². The van der Waals surface area contributed by atoms with Gasteiger partial charge in [0.05, 0.1) is 26.4 Å². The van der Waals surface area contributed by atoms with Crippen molar-refractivity contribution in [2.75, 3.05) is 39.6 Å². The lowest BCUT2D eigenvalue weighted by molar-refractivity contribution is -0.161. The van der Waals surface area contributed by atoms with Gasteiger partial charge in [-0.2, -0.15) is 0 Å². The highest BCUT2D eigenvalue weighted by Gasteiger charge is 2.30. The van der Waals surface area contributed by atoms with Crippen molar-refractivity contribution >= 4 is 39.5 Å². The van der Waals surface area contributed by atoms with Gasteiger partial charge >= 0.3 is 39.5 Å². The maximum absolute atomic E-state index is 13.1. The summed E-state index contributed by atoms with van der Waals surface area (Å²) in [5.74, 6) is -2.21. The number of unbranched alkanes of at least 4 members (excludes halogenated alkanes) is 30. The van der Waals surface area contributed by atoms with Crippen LogP contribution in [0.4, 0.5) is 0 Å². The van der Waals surface area contributed by atoms with Crippen molar-refractivity contribution in [3.8, 4) is 0 Å². The van der Waals surface area contributed by atoms with Crippen LogP contribution in [0.1, 0.15) is 323 Å². The standard InChI is InChI=1S/C79H138O17P2/c1-5-9-13-17-21-25-29-32-34-35-36-37-39-41-45-48-52-56-60-64-77(82)90-70-75(96-79(84)66-62-58-54-50-46-42-38-33-30-26-22-18-14-10-6-2)72-94-98(87,88)92-68-73(80)67-91-97(85,86)93-71-74(95-78(83)65-61-57-53-49-43-28-24-20-16-12-8-4)69-89-76(81)63-59-55-51-47-44-40-31-27-23-19-15-11-7-3/h9,13,20-22,24-27,31-34,36-38,73-75,80H,5-8,10-12,14-19,23,28-30,35,39-72H2,1-4H3,(H,85,86)(H,87,88)/b13-9-,24-20-,25-21-,26-22-,31-27-,34-32-,37-36-,38-33-. The van der Waals surface area contributed by atoms with Gasteiger partial charge in [0.25, 0.3) is 0 Å². The average molecular weight is 1420 g/mol. The second-order valence-electron chi connectivity index (χ2n) is 25.6. The maximum atomic E-state index is 13.1. The Bertz CT molecular complexity index is 2240. The third kappa shape index (κ3) is 70.4. The molecule has 5 unspecified atom stereocenters. The van der Waals surface area contributed by atoms with E-state index in [1.807, 2.05) is 0 Å². The first-order valence-corrected chi connectivity index (χ1v) is 41.5. The molecule has 0 heterocycles. The molecule has 0 aliphatic carbocycles. The summed E-state index contributed by atoms with van der Waals surface area (Å²) < 4.78 is 68.4. The molecule has 0 bridgehead atoms. The van der Waals surface area contributed by atoms with Crippen LogP contribution in [0, 0.1) is 0 Å². The highest BCUT2D eigenvalue weighted by atomic mass is 31.2. The Kier molecular flexibility index (Phi) is 68.4. The number of phosphoric acid groups is 2. The number of aliphatic hydroxyl groups excluding tert-OH is 1. The van der Waals surface area contributed by atoms with Crippen LogP contribution >= 0.6 is 15.6 Å². The summed E-state index contributed by atoms with van der Waals surface area (Å²) in [7, 11) is -9.95. The first-order chi connectivity index (χ1) is 47.7. The van der Waals surface area contributed by atoms with Crippen molar-refractivity contribution in [3.05, 3.63) is 97.2 Å². The number of carbonyl (C=O) groups excluding carboxylic acids is 4. The van der Waals surface area contributed by atoms with Crippen LogP contribution in [-0.4, -0.2) is 96.7 Å². The highest BCUT2D eigenvalue weighted by molar-refractivity contribution is 7.47. The van der Waals surface area contributed by atoms with Crippen LogP contribution in [0.3, 0.4) is 0 Å². The number of aliphatic hydroxyl groups is 1. The molecule has 566 valence electrons. The predicted molar refractivity (Wildman–Crippen MR) is 399 cm³/mol. The smallest absolute Gasteiger partial charge is 0.462 e. The number of allylic oxidation sites excluding steroid dienone is 16. The molecule has 0 fully saturated rings. The largest absolute Gasteiger partial charge is 0.472 e. The fourth-order valence-electron chi connectivity index (χ4n) is 10.1. The molecule has 0 saturated carbocycles. The Morgan fingerprint density at radius 1 is 0.296 bits per heavy atom. The van der Waals surface area contributed by atoms with Gasteiger partial charge in [-0.25, -0.2) is 9.13 Å². The number of hydrogen-bond donors (Lipinski definition) is 3. The van der Waals surface area contributed by atoms with E-state index in [0.29, 0.717) is 25.7 Å². The zero-order valence-electron chi connectivity index (χ0n) is 61.7. The number of phosphoric ester groups is 2. The highest BCUT2D eigenvalue weighted by Crippen LogP contribution is 2.45. The molecular weight excluding hydrogens is 1280 g/mol. The number of ether oxygens (including phenoxy) is 4. The zero-order valence-corrected chi connectivity index (χ0v) is 63.5. The van der Waals surface area contributed by atoms with Crippen LogP contribution in [0.2, 0.25) is 0 Å². The van der Waals surface area contributed by atoms with Crippen LogP contribution in [-0.2, 0) is 65.4 Å². The molecule has 5 atom stereocenters. The Hall–Kier alpha value is -4.02. The van der Waals surface area contributed by atoms with Crippen molar-refractivity contribution in [2.24, 2.45) is 0 Å². The summed E-state index contributed by atoms with van der Waals surface area (Å²) in [6.45, 7) is 4.65. The lowest BCUT2D eigenvalue weighted by Gasteiger charge is -2.21. The summed E-state index contributed by atoms with van der Waals surface area (Å²) >= 11 is 0. The maximum Gasteiger partial charge on any atom is 0.472 e. The zero-order chi connectivity index (χ0) is 71.8. The van der Waals surface area contributed by atoms with Crippen molar-refractivity contribution in [1.82, 2.24) is 0 Å². The second-order valence-corrected chi connectivity index (χ2v) is 28.5. The van der Waals surface area contributed by atoms with Gasteiger partial charge in [-0.15, -0.1) is 0 Å². The molecule has 3 N–H and O–H groups in total. The average Bonchev–Trinajstić information content (AvgIpc) is 0.992. The van der Waals surface area contributed by atoms with E-state index in [1.54, 1.807) is 0 Å². The van der Waals surface area contributed by atoms with Crippen LogP contribution < -0.4 is 0 Å².